The van der Waals surface area contributed by atoms with Gasteiger partial charge in [0, 0.05) is 11.1 Å². The summed E-state index contributed by atoms with van der Waals surface area (Å²) in [5.74, 6) is 0. The van der Waals surface area contributed by atoms with Crippen molar-refractivity contribution < 1.29 is 17.3 Å². The Kier molecular flexibility index (Phi) is 7.14. The van der Waals surface area contributed by atoms with Crippen LogP contribution in [-0.4, -0.2) is 25.1 Å². The number of hydrogen-bond acceptors (Lipinski definition) is 4. The van der Waals surface area contributed by atoms with Gasteiger partial charge < -0.3 is 8.85 Å². The van der Waals surface area contributed by atoms with Crippen LogP contribution in [0.2, 0.25) is 36.3 Å². The molecule has 0 bridgehead atoms. The highest BCUT2D eigenvalue weighted by molar-refractivity contribution is 7.92. The number of hydrogen-bond donors (Lipinski definition) is 0. The van der Waals surface area contributed by atoms with E-state index in [1.807, 2.05) is 36.4 Å². The second kappa shape index (κ2) is 9.09. The van der Waals surface area contributed by atoms with Crippen LogP contribution in [0.3, 0.4) is 0 Å². The van der Waals surface area contributed by atoms with Crippen molar-refractivity contribution in [3.63, 3.8) is 0 Å². The Labute approximate surface area is 214 Å². The van der Waals surface area contributed by atoms with Gasteiger partial charge in [0.15, 0.2) is 0 Å². The third kappa shape index (κ3) is 5.52. The van der Waals surface area contributed by atoms with Crippen molar-refractivity contribution in [3.05, 3.63) is 60.0 Å². The van der Waals surface area contributed by atoms with Crippen molar-refractivity contribution in [1.82, 2.24) is 0 Å². The summed E-state index contributed by atoms with van der Waals surface area (Å²) in [7, 11) is -7.43. The molecule has 0 spiro atoms. The number of benzene rings is 2. The Morgan fingerprint density at radius 1 is 0.657 bits per heavy atom. The van der Waals surface area contributed by atoms with Crippen LogP contribution >= 0.6 is 0 Å². The van der Waals surface area contributed by atoms with Gasteiger partial charge in [-0.1, -0.05) is 65.8 Å². The maximum atomic E-state index is 13.4. The molecule has 0 saturated carbocycles. The van der Waals surface area contributed by atoms with E-state index in [4.69, 9.17) is 8.85 Å². The van der Waals surface area contributed by atoms with Crippen LogP contribution in [0.1, 0.15) is 52.7 Å². The molecule has 0 fully saturated rings. The van der Waals surface area contributed by atoms with Gasteiger partial charge in [-0.3, -0.25) is 0 Å². The Morgan fingerprint density at radius 2 is 1.00 bits per heavy atom. The van der Waals surface area contributed by atoms with Crippen molar-refractivity contribution in [2.75, 3.05) is 0 Å². The Morgan fingerprint density at radius 3 is 1.31 bits per heavy atom. The first kappa shape index (κ1) is 27.5. The van der Waals surface area contributed by atoms with Gasteiger partial charge in [-0.25, -0.2) is 8.42 Å². The minimum absolute atomic E-state index is 0.0993. The summed E-state index contributed by atoms with van der Waals surface area (Å²) >= 11 is 0. The minimum Gasteiger partial charge on any atom is -0.549 e. The standard InChI is InChI=1S/C28H40O4SSi2/c1-27(2,3)34(7,8)31-17-15-21-11-13-23-24-14-12-22(16-18-32-35(9,10)28(4,5)6)20-26(24)33(29,30)25(23)19-21/h11-20H,1-10H3. The SMILES string of the molecule is CC(C)(C)[Si](C)(C)OC=Cc1ccc2c(c1)S(=O)(=O)c1cc(C=CO[Si](C)(C)C(C)(C)C)ccc1-2. The molecular weight excluding hydrogens is 489 g/mol. The van der Waals surface area contributed by atoms with Gasteiger partial charge in [0.25, 0.3) is 0 Å². The second-order valence-electron chi connectivity index (χ2n) is 12.4. The highest BCUT2D eigenvalue weighted by Crippen LogP contribution is 2.44. The van der Waals surface area contributed by atoms with Crippen molar-refractivity contribution in [3.8, 4) is 11.1 Å². The Bertz CT molecular complexity index is 1180. The summed E-state index contributed by atoms with van der Waals surface area (Å²) in [6, 6.07) is 11.1. The van der Waals surface area contributed by atoms with Crippen LogP contribution < -0.4 is 0 Å². The van der Waals surface area contributed by atoms with Crippen molar-refractivity contribution in [2.45, 2.75) is 87.6 Å². The molecule has 0 radical (unpaired) electrons. The van der Waals surface area contributed by atoms with E-state index in [0.717, 1.165) is 22.3 Å². The first-order chi connectivity index (χ1) is 15.9. The maximum absolute atomic E-state index is 13.4. The van der Waals surface area contributed by atoms with Gasteiger partial charge in [-0.15, -0.1) is 0 Å². The number of fused-ring (bicyclic) bond motifs is 3. The molecular formula is C28H40O4SSi2. The molecule has 0 amide bonds. The zero-order valence-electron chi connectivity index (χ0n) is 22.8. The second-order valence-corrected chi connectivity index (χ2v) is 23.8. The molecule has 3 rings (SSSR count). The molecule has 1 aliphatic rings. The van der Waals surface area contributed by atoms with E-state index >= 15 is 0 Å². The quantitative estimate of drug-likeness (QED) is 0.238. The molecule has 1 heterocycles. The summed E-state index contributed by atoms with van der Waals surface area (Å²) < 4.78 is 39.1. The summed E-state index contributed by atoms with van der Waals surface area (Å²) in [5.41, 5.74) is 3.11. The molecule has 2 aromatic carbocycles. The van der Waals surface area contributed by atoms with Gasteiger partial charge in [-0.05, 0) is 71.7 Å². The zero-order valence-corrected chi connectivity index (χ0v) is 25.6. The van der Waals surface area contributed by atoms with Crippen LogP contribution in [-0.2, 0) is 18.7 Å². The van der Waals surface area contributed by atoms with Crippen LogP contribution in [0.5, 0.6) is 0 Å². The van der Waals surface area contributed by atoms with E-state index in [2.05, 4.69) is 67.7 Å². The monoisotopic (exact) mass is 528 g/mol. The fourth-order valence-corrected chi connectivity index (χ4v) is 6.49. The van der Waals surface area contributed by atoms with Crippen LogP contribution in [0.4, 0.5) is 0 Å². The molecule has 1 aliphatic heterocycles. The lowest BCUT2D eigenvalue weighted by atomic mass is 10.0. The van der Waals surface area contributed by atoms with Crippen molar-refractivity contribution in [2.24, 2.45) is 0 Å². The predicted molar refractivity (Wildman–Crippen MR) is 152 cm³/mol. The lowest BCUT2D eigenvalue weighted by Crippen LogP contribution is -2.39. The summed E-state index contributed by atoms with van der Waals surface area (Å²) in [4.78, 5) is 0.696. The number of sulfone groups is 1. The van der Waals surface area contributed by atoms with Gasteiger partial charge in [0.1, 0.15) is 0 Å². The first-order valence-electron chi connectivity index (χ1n) is 12.1. The molecule has 0 aliphatic carbocycles. The van der Waals surface area contributed by atoms with Gasteiger partial charge in [0.2, 0.25) is 26.5 Å². The van der Waals surface area contributed by atoms with Crippen LogP contribution in [0.25, 0.3) is 23.3 Å². The van der Waals surface area contributed by atoms with Gasteiger partial charge in [-0.2, -0.15) is 0 Å². The molecule has 4 nitrogen and oxygen atoms in total. The lowest BCUT2D eigenvalue weighted by molar-refractivity contribution is 0.433. The Hall–Kier alpha value is -2.10. The van der Waals surface area contributed by atoms with Crippen LogP contribution in [0.15, 0.2) is 58.7 Å². The minimum atomic E-state index is -3.60. The van der Waals surface area contributed by atoms with E-state index < -0.39 is 26.5 Å². The third-order valence-corrected chi connectivity index (χ3v) is 18.2. The molecule has 0 atom stereocenters. The average molecular weight is 529 g/mol. The van der Waals surface area contributed by atoms with E-state index in [1.165, 1.54) is 0 Å². The highest BCUT2D eigenvalue weighted by Gasteiger charge is 2.39. The normalized spacial score (nSPS) is 15.9. The lowest BCUT2D eigenvalue weighted by Gasteiger charge is -2.34. The van der Waals surface area contributed by atoms with Crippen LogP contribution in [0, 0.1) is 0 Å². The summed E-state index contributed by atoms with van der Waals surface area (Å²) in [5, 5.41) is 0.199. The van der Waals surface area contributed by atoms with Crippen molar-refractivity contribution in [1.29, 1.82) is 0 Å². The predicted octanol–water partition coefficient (Wildman–Crippen LogP) is 8.48. The molecule has 2 aromatic rings. The maximum Gasteiger partial charge on any atom is 0.249 e. The van der Waals surface area contributed by atoms with Crippen molar-refractivity contribution >= 4 is 38.6 Å². The van der Waals surface area contributed by atoms with E-state index in [9.17, 15) is 8.42 Å². The van der Waals surface area contributed by atoms with E-state index in [1.54, 1.807) is 24.7 Å². The molecule has 190 valence electrons. The molecule has 0 unspecified atom stereocenters. The summed E-state index contributed by atoms with van der Waals surface area (Å²) in [6.07, 6.45) is 7.15. The number of rotatable bonds is 6. The molecule has 0 N–H and O–H groups in total. The first-order valence-corrected chi connectivity index (χ1v) is 19.4. The smallest absolute Gasteiger partial charge is 0.249 e. The molecule has 0 saturated heterocycles. The average Bonchev–Trinajstić information content (AvgIpc) is 2.93. The topological polar surface area (TPSA) is 52.6 Å². The van der Waals surface area contributed by atoms with E-state index in [0.29, 0.717) is 9.79 Å². The highest BCUT2D eigenvalue weighted by atomic mass is 32.2. The fraction of sp³-hybridized carbons (Fsp3) is 0.429. The fourth-order valence-electron chi connectivity index (χ4n) is 3.21. The van der Waals surface area contributed by atoms with Gasteiger partial charge >= 0.3 is 0 Å². The third-order valence-electron chi connectivity index (χ3n) is 7.74. The molecule has 7 heteroatoms. The summed E-state index contributed by atoms with van der Waals surface area (Å²) in [6.45, 7) is 21.9. The largest absolute Gasteiger partial charge is 0.549 e. The van der Waals surface area contributed by atoms with Gasteiger partial charge in [0.05, 0.1) is 22.3 Å². The van der Waals surface area contributed by atoms with E-state index in [-0.39, 0.29) is 10.1 Å². The molecule has 0 aromatic heterocycles. The molecule has 35 heavy (non-hydrogen) atoms. The Balaban J connectivity index is 1.85. The zero-order chi connectivity index (χ0) is 26.4.